The van der Waals surface area contributed by atoms with Crippen LogP contribution in [0.15, 0.2) is 59.2 Å². The van der Waals surface area contributed by atoms with Crippen LogP contribution in [0.4, 0.5) is 0 Å². The number of ether oxygens (including phenoxy) is 1. The molecule has 0 aliphatic carbocycles. The number of carbonyl (C=O) groups is 1. The number of fused-ring (bicyclic) bond motifs is 1. The van der Waals surface area contributed by atoms with Crippen molar-refractivity contribution in [3.05, 3.63) is 65.1 Å². The van der Waals surface area contributed by atoms with Crippen LogP contribution < -0.4 is 4.72 Å². The maximum atomic E-state index is 12.7. The third-order valence-corrected chi connectivity index (χ3v) is 6.36. The molecule has 3 aromatic rings. The molecule has 0 saturated carbocycles. The molecule has 0 amide bonds. The summed E-state index contributed by atoms with van der Waals surface area (Å²) in [5.41, 5.74) is 1.07. The van der Waals surface area contributed by atoms with E-state index < -0.39 is 40.3 Å². The molecule has 0 fully saturated rings. The number of carbonyl (C=O) groups excluding carboxylic acids is 1. The van der Waals surface area contributed by atoms with Crippen molar-refractivity contribution in [2.75, 3.05) is 6.61 Å². The van der Waals surface area contributed by atoms with Gasteiger partial charge in [0.25, 0.3) is 0 Å². The predicted molar refractivity (Wildman–Crippen MR) is 123 cm³/mol. The summed E-state index contributed by atoms with van der Waals surface area (Å²) in [6.45, 7) is 2.63. The van der Waals surface area contributed by atoms with E-state index in [4.69, 9.17) is 16.3 Å². The molecule has 0 saturated heterocycles. The van der Waals surface area contributed by atoms with E-state index in [0.29, 0.717) is 11.0 Å². The smallest absolute Gasteiger partial charge is 0.324 e. The molecular formula is C22H21ClN4O5S. The minimum Gasteiger partial charge on any atom is -0.507 e. The first-order valence-electron chi connectivity index (χ1n) is 9.84. The zero-order valence-corrected chi connectivity index (χ0v) is 19.3. The number of allylic oxidation sites excluding steroid dienone is 1. The van der Waals surface area contributed by atoms with Crippen molar-refractivity contribution in [2.24, 2.45) is 5.92 Å². The first kappa shape index (κ1) is 24.3. The van der Waals surface area contributed by atoms with Gasteiger partial charge in [-0.2, -0.15) is 9.98 Å². The van der Waals surface area contributed by atoms with Crippen molar-refractivity contribution in [3.8, 4) is 6.07 Å². The molecule has 0 aliphatic rings. The highest BCUT2D eigenvalue weighted by Crippen LogP contribution is 2.20. The number of rotatable bonds is 8. The number of aliphatic hydroxyl groups excluding tert-OH is 1. The number of para-hydroxylation sites is 2. The molecule has 9 nitrogen and oxygen atoms in total. The zero-order chi connectivity index (χ0) is 24.2. The Labute approximate surface area is 195 Å². The van der Waals surface area contributed by atoms with E-state index in [1.165, 1.54) is 24.3 Å². The molecule has 1 aromatic heterocycles. The van der Waals surface area contributed by atoms with Gasteiger partial charge in [-0.05, 0) is 36.2 Å². The van der Waals surface area contributed by atoms with Gasteiger partial charge in [-0.15, -0.1) is 0 Å². The van der Waals surface area contributed by atoms with Gasteiger partial charge in [0.05, 0.1) is 15.9 Å². The number of aromatic amines is 1. The van der Waals surface area contributed by atoms with Gasteiger partial charge in [-0.3, -0.25) is 4.79 Å². The van der Waals surface area contributed by atoms with Crippen LogP contribution in [0.25, 0.3) is 16.6 Å². The van der Waals surface area contributed by atoms with Crippen LogP contribution >= 0.6 is 11.6 Å². The second kappa shape index (κ2) is 10.0. The zero-order valence-electron chi connectivity index (χ0n) is 17.7. The van der Waals surface area contributed by atoms with Crippen molar-refractivity contribution in [3.63, 3.8) is 0 Å². The number of aromatic nitrogens is 2. The van der Waals surface area contributed by atoms with Crippen molar-refractivity contribution >= 4 is 44.2 Å². The molecule has 11 heteroatoms. The summed E-state index contributed by atoms with van der Waals surface area (Å²) in [5, 5.41) is 20.1. The monoisotopic (exact) mass is 488 g/mol. The quantitative estimate of drug-likeness (QED) is 0.249. The van der Waals surface area contributed by atoms with Crippen LogP contribution in [0.5, 0.6) is 0 Å². The molecule has 3 N–H and O–H groups in total. The Balaban J connectivity index is 1.76. The maximum Gasteiger partial charge on any atom is 0.324 e. The van der Waals surface area contributed by atoms with Gasteiger partial charge >= 0.3 is 5.97 Å². The average molecular weight is 489 g/mol. The molecular weight excluding hydrogens is 468 g/mol. The molecule has 2 aromatic carbocycles. The van der Waals surface area contributed by atoms with Crippen LogP contribution in [-0.4, -0.2) is 42.1 Å². The molecule has 0 aliphatic heterocycles. The number of nitrogens with zero attached hydrogens (tertiary/aromatic N) is 2. The highest BCUT2D eigenvalue weighted by Gasteiger charge is 2.30. The maximum absolute atomic E-state index is 12.7. The number of hydrogen-bond acceptors (Lipinski definition) is 7. The van der Waals surface area contributed by atoms with E-state index in [-0.39, 0.29) is 21.3 Å². The van der Waals surface area contributed by atoms with Gasteiger partial charge in [0.2, 0.25) is 10.0 Å². The normalized spacial score (nSPS) is 13.4. The fraction of sp³-hybridized carbons (Fsp3) is 0.227. The Morgan fingerprint density at radius 2 is 2.00 bits per heavy atom. The SMILES string of the molecule is CC(C)[C@H](NS(=O)(=O)c1cccc(Cl)c1)C(=O)OC/C(O)=C(\C#N)c1nc2ccccc2[nH]1. The second-order valence-corrected chi connectivity index (χ2v) is 9.59. The molecule has 33 heavy (non-hydrogen) atoms. The third-order valence-electron chi connectivity index (χ3n) is 4.69. The number of esters is 1. The lowest BCUT2D eigenvalue weighted by atomic mass is 10.1. The van der Waals surface area contributed by atoms with Crippen LogP contribution in [0.3, 0.4) is 0 Å². The number of nitrogens with one attached hydrogen (secondary N) is 2. The van der Waals surface area contributed by atoms with Crippen molar-refractivity contribution in [2.45, 2.75) is 24.8 Å². The molecule has 1 heterocycles. The fourth-order valence-corrected chi connectivity index (χ4v) is 4.59. The number of H-pyrrole nitrogens is 1. The Hall–Kier alpha value is -3.39. The number of imidazole rings is 1. The minimum atomic E-state index is -4.07. The number of benzene rings is 2. The predicted octanol–water partition coefficient (Wildman–Crippen LogP) is 3.56. The summed E-state index contributed by atoms with van der Waals surface area (Å²) >= 11 is 5.87. The topological polar surface area (TPSA) is 145 Å². The lowest BCUT2D eigenvalue weighted by Crippen LogP contribution is -2.45. The van der Waals surface area contributed by atoms with Crippen LogP contribution in [-0.2, 0) is 19.6 Å². The highest BCUT2D eigenvalue weighted by atomic mass is 35.5. The van der Waals surface area contributed by atoms with E-state index in [2.05, 4.69) is 14.7 Å². The van der Waals surface area contributed by atoms with E-state index in [0.717, 1.165) is 0 Å². The fourth-order valence-electron chi connectivity index (χ4n) is 2.95. The van der Waals surface area contributed by atoms with E-state index in [1.54, 1.807) is 38.1 Å². The first-order chi connectivity index (χ1) is 15.6. The summed E-state index contributed by atoms with van der Waals surface area (Å²) in [4.78, 5) is 19.7. The molecule has 0 unspecified atom stereocenters. The van der Waals surface area contributed by atoms with Crippen molar-refractivity contribution < 1.29 is 23.1 Å². The van der Waals surface area contributed by atoms with Gasteiger partial charge in [0, 0.05) is 5.02 Å². The Bertz CT molecular complexity index is 1330. The first-order valence-corrected chi connectivity index (χ1v) is 11.7. The van der Waals surface area contributed by atoms with Crippen molar-refractivity contribution in [1.82, 2.24) is 14.7 Å². The van der Waals surface area contributed by atoms with Gasteiger partial charge in [-0.1, -0.05) is 43.6 Å². The third kappa shape index (κ3) is 5.70. The van der Waals surface area contributed by atoms with Gasteiger partial charge in [0.15, 0.2) is 11.6 Å². The molecule has 1 atom stereocenters. The summed E-state index contributed by atoms with van der Waals surface area (Å²) < 4.78 is 32.8. The van der Waals surface area contributed by atoms with Crippen LogP contribution in [0.1, 0.15) is 19.7 Å². The van der Waals surface area contributed by atoms with Gasteiger partial charge in [-0.25, -0.2) is 13.4 Å². The molecule has 0 bridgehead atoms. The average Bonchev–Trinajstić information content (AvgIpc) is 3.20. The van der Waals surface area contributed by atoms with Crippen LogP contribution in [0, 0.1) is 17.2 Å². The molecule has 172 valence electrons. The number of nitriles is 1. The second-order valence-electron chi connectivity index (χ2n) is 7.44. The summed E-state index contributed by atoms with van der Waals surface area (Å²) in [5.74, 6) is -1.79. The largest absolute Gasteiger partial charge is 0.507 e. The summed E-state index contributed by atoms with van der Waals surface area (Å²) in [6, 6.07) is 13.3. The van der Waals surface area contributed by atoms with Gasteiger partial charge in [0.1, 0.15) is 24.3 Å². The molecule has 3 rings (SSSR count). The summed E-state index contributed by atoms with van der Waals surface area (Å²) in [7, 11) is -4.07. The minimum absolute atomic E-state index is 0.104. The lowest BCUT2D eigenvalue weighted by Gasteiger charge is -2.21. The van der Waals surface area contributed by atoms with Gasteiger partial charge < -0.3 is 14.8 Å². The Morgan fingerprint density at radius 1 is 1.27 bits per heavy atom. The number of hydrogen-bond donors (Lipinski definition) is 3. The lowest BCUT2D eigenvalue weighted by molar-refractivity contribution is -0.146. The molecule has 0 radical (unpaired) electrons. The van der Waals surface area contributed by atoms with Crippen molar-refractivity contribution in [1.29, 1.82) is 5.26 Å². The standard InChI is InChI=1S/C22H21ClN4O5S/c1-13(2)20(27-33(30,31)15-7-5-6-14(23)10-15)22(29)32-12-19(28)16(11-24)21-25-17-8-3-4-9-18(17)26-21/h3-10,13,20,27-28H,12H2,1-2H3,(H,25,26)/b19-16-/t20-/m0/s1. The number of sulfonamides is 1. The highest BCUT2D eigenvalue weighted by molar-refractivity contribution is 7.89. The number of halogens is 1. The van der Waals surface area contributed by atoms with E-state index in [1.807, 2.05) is 6.07 Å². The number of aliphatic hydroxyl groups is 1. The Morgan fingerprint density at radius 3 is 2.64 bits per heavy atom. The van der Waals surface area contributed by atoms with E-state index in [9.17, 15) is 23.6 Å². The molecule has 0 spiro atoms. The Kier molecular flexibility index (Phi) is 7.38. The van der Waals surface area contributed by atoms with Crippen LogP contribution in [0.2, 0.25) is 5.02 Å². The van der Waals surface area contributed by atoms with E-state index >= 15 is 0 Å². The summed E-state index contributed by atoms with van der Waals surface area (Å²) in [6.07, 6.45) is 0.